The Kier molecular flexibility index (Phi) is 7.97. The molecule has 0 fully saturated rings. The van der Waals surface area contributed by atoms with Gasteiger partial charge in [-0.3, -0.25) is 4.72 Å². The molecule has 0 aliphatic rings. The quantitative estimate of drug-likeness (QED) is 0.441. The van der Waals surface area contributed by atoms with Gasteiger partial charge < -0.3 is 9.84 Å². The summed E-state index contributed by atoms with van der Waals surface area (Å²) in [6.45, 7) is 2.22. The van der Waals surface area contributed by atoms with Gasteiger partial charge in [0.25, 0.3) is 0 Å². The number of nitrogens with zero attached hydrogens (tertiary/aromatic N) is 2. The lowest BCUT2D eigenvalue weighted by molar-refractivity contribution is 0.229. The van der Waals surface area contributed by atoms with Gasteiger partial charge in [-0.2, -0.15) is 0 Å². The van der Waals surface area contributed by atoms with E-state index in [1.165, 1.54) is 6.33 Å². The van der Waals surface area contributed by atoms with Gasteiger partial charge in [0, 0.05) is 13.0 Å². The summed E-state index contributed by atoms with van der Waals surface area (Å²) in [4.78, 5) is 8.38. The number of aromatic nitrogens is 2. The molecule has 0 aliphatic heterocycles. The summed E-state index contributed by atoms with van der Waals surface area (Å²) < 4.78 is 33.8. The van der Waals surface area contributed by atoms with E-state index in [0.717, 1.165) is 16.7 Å². The third-order valence-electron chi connectivity index (χ3n) is 4.67. The molecule has 0 spiro atoms. The predicted molar refractivity (Wildman–Crippen MR) is 122 cm³/mol. The van der Waals surface area contributed by atoms with Crippen LogP contribution in [0, 0.1) is 6.92 Å². The lowest BCUT2D eigenvalue weighted by Crippen LogP contribution is -2.19. The Morgan fingerprint density at radius 2 is 1.74 bits per heavy atom. The monoisotopic (exact) mass is 441 g/mol. The first-order valence-corrected chi connectivity index (χ1v) is 11.8. The highest BCUT2D eigenvalue weighted by atomic mass is 32.2. The van der Waals surface area contributed by atoms with Gasteiger partial charge in [0.2, 0.25) is 15.9 Å². The van der Waals surface area contributed by atoms with Gasteiger partial charge in [-0.25, -0.2) is 18.4 Å². The molecule has 0 atom stereocenters. The number of benzene rings is 2. The van der Waals surface area contributed by atoms with Crippen LogP contribution in [-0.2, 0) is 16.4 Å². The topological polar surface area (TPSA) is 101 Å². The minimum absolute atomic E-state index is 0.00809. The van der Waals surface area contributed by atoms with Crippen molar-refractivity contribution in [2.45, 2.75) is 26.2 Å². The van der Waals surface area contributed by atoms with Gasteiger partial charge in [-0.1, -0.05) is 60.2 Å². The molecule has 7 nitrogen and oxygen atoms in total. The molecule has 2 aromatic carbocycles. The largest absolute Gasteiger partial charge is 0.477 e. The second-order valence-electron chi connectivity index (χ2n) is 7.20. The number of nitrogens with one attached hydrogen (secondary N) is 1. The molecule has 8 heteroatoms. The van der Waals surface area contributed by atoms with Crippen LogP contribution in [-0.4, -0.2) is 42.5 Å². The molecule has 0 aliphatic carbocycles. The molecule has 0 bridgehead atoms. The third kappa shape index (κ3) is 6.77. The van der Waals surface area contributed by atoms with E-state index in [2.05, 4.69) is 14.7 Å². The van der Waals surface area contributed by atoms with Crippen LogP contribution in [0.25, 0.3) is 11.1 Å². The van der Waals surface area contributed by atoms with Crippen molar-refractivity contribution in [1.82, 2.24) is 9.97 Å². The highest BCUT2D eigenvalue weighted by molar-refractivity contribution is 7.92. The number of ether oxygens (including phenoxy) is 1. The number of hydrogen-bond donors (Lipinski definition) is 2. The van der Waals surface area contributed by atoms with E-state index in [1.807, 2.05) is 61.5 Å². The Morgan fingerprint density at radius 1 is 1.00 bits per heavy atom. The second-order valence-corrected chi connectivity index (χ2v) is 9.05. The fourth-order valence-corrected chi connectivity index (χ4v) is 4.16. The van der Waals surface area contributed by atoms with Gasteiger partial charge in [0.15, 0.2) is 5.82 Å². The molecule has 31 heavy (non-hydrogen) atoms. The van der Waals surface area contributed by atoms with Gasteiger partial charge in [-0.05, 0) is 30.9 Å². The van der Waals surface area contributed by atoms with Gasteiger partial charge in [-0.15, -0.1) is 0 Å². The van der Waals surface area contributed by atoms with Crippen molar-refractivity contribution in [1.29, 1.82) is 0 Å². The molecule has 0 saturated carbocycles. The zero-order valence-corrected chi connectivity index (χ0v) is 18.3. The fourth-order valence-electron chi connectivity index (χ4n) is 3.08. The van der Waals surface area contributed by atoms with Crippen molar-refractivity contribution < 1.29 is 18.3 Å². The summed E-state index contributed by atoms with van der Waals surface area (Å²) >= 11 is 0. The van der Waals surface area contributed by atoms with E-state index in [-0.39, 0.29) is 30.7 Å². The van der Waals surface area contributed by atoms with Crippen LogP contribution in [0.3, 0.4) is 0 Å². The van der Waals surface area contributed by atoms with Crippen LogP contribution >= 0.6 is 0 Å². The van der Waals surface area contributed by atoms with Crippen LogP contribution in [0.15, 0.2) is 60.9 Å². The van der Waals surface area contributed by atoms with Crippen molar-refractivity contribution >= 4 is 15.8 Å². The molecular weight excluding hydrogens is 414 g/mol. The van der Waals surface area contributed by atoms with E-state index >= 15 is 0 Å². The van der Waals surface area contributed by atoms with E-state index in [0.29, 0.717) is 24.8 Å². The summed E-state index contributed by atoms with van der Waals surface area (Å²) in [6.07, 6.45) is 2.88. The highest BCUT2D eigenvalue weighted by Crippen LogP contribution is 2.34. The third-order valence-corrected chi connectivity index (χ3v) is 6.00. The molecular formula is C23H27N3O4S. The average Bonchev–Trinajstić information content (AvgIpc) is 2.75. The van der Waals surface area contributed by atoms with E-state index in [9.17, 15) is 8.42 Å². The molecule has 0 saturated heterocycles. The van der Waals surface area contributed by atoms with Crippen LogP contribution < -0.4 is 9.46 Å². The summed E-state index contributed by atoms with van der Waals surface area (Å²) in [5.74, 6) is 0.423. The SMILES string of the molecule is Cc1ccc(-c2c(NS(=O)(=O)CCCc3ccccc3)ncnc2OCCCO)cc1. The first kappa shape index (κ1) is 22.7. The van der Waals surface area contributed by atoms with Crippen molar-refractivity contribution in [2.75, 3.05) is 23.7 Å². The second kappa shape index (κ2) is 10.9. The number of aliphatic hydroxyl groups is 1. The van der Waals surface area contributed by atoms with Crippen molar-refractivity contribution in [3.8, 4) is 17.0 Å². The van der Waals surface area contributed by atoms with Crippen molar-refractivity contribution in [2.24, 2.45) is 0 Å². The molecule has 3 rings (SSSR count). The van der Waals surface area contributed by atoms with Gasteiger partial charge in [0.05, 0.1) is 17.9 Å². The first-order valence-electron chi connectivity index (χ1n) is 10.2. The summed E-state index contributed by atoms with van der Waals surface area (Å²) in [6, 6.07) is 17.4. The molecule has 0 amide bonds. The van der Waals surface area contributed by atoms with Crippen LogP contribution in [0.5, 0.6) is 5.88 Å². The molecule has 1 aromatic heterocycles. The van der Waals surface area contributed by atoms with E-state index in [4.69, 9.17) is 9.84 Å². The molecule has 0 unspecified atom stereocenters. The lowest BCUT2D eigenvalue weighted by Gasteiger charge is -2.15. The minimum atomic E-state index is -3.62. The van der Waals surface area contributed by atoms with Crippen molar-refractivity contribution in [3.63, 3.8) is 0 Å². The maximum absolute atomic E-state index is 12.8. The Morgan fingerprint density at radius 3 is 2.45 bits per heavy atom. The maximum atomic E-state index is 12.8. The summed E-state index contributed by atoms with van der Waals surface area (Å²) in [7, 11) is -3.62. The average molecular weight is 442 g/mol. The Bertz CT molecular complexity index is 1070. The number of anilines is 1. The summed E-state index contributed by atoms with van der Waals surface area (Å²) in [5, 5.41) is 9.03. The zero-order chi connectivity index (χ0) is 22.1. The Balaban J connectivity index is 1.81. The summed E-state index contributed by atoms with van der Waals surface area (Å²) in [5.41, 5.74) is 3.39. The minimum Gasteiger partial charge on any atom is -0.477 e. The standard InChI is InChI=1S/C23H27N3O4S/c1-18-10-12-20(13-11-18)21-22(24-17-25-23(21)30-15-6-14-27)26-31(28,29)16-5-9-19-7-3-2-4-8-19/h2-4,7-8,10-13,17,27H,5-6,9,14-16H2,1H3,(H,24,25,26). The van der Waals surface area contributed by atoms with E-state index < -0.39 is 10.0 Å². The lowest BCUT2D eigenvalue weighted by atomic mass is 10.1. The smallest absolute Gasteiger partial charge is 0.233 e. The van der Waals surface area contributed by atoms with Gasteiger partial charge in [0.1, 0.15) is 6.33 Å². The maximum Gasteiger partial charge on any atom is 0.233 e. The Labute approximate surface area is 183 Å². The van der Waals surface area contributed by atoms with Crippen LogP contribution in [0.2, 0.25) is 0 Å². The number of sulfonamides is 1. The predicted octanol–water partition coefficient (Wildman–Crippen LogP) is 3.59. The molecule has 164 valence electrons. The fraction of sp³-hybridized carbons (Fsp3) is 0.304. The normalized spacial score (nSPS) is 11.3. The van der Waals surface area contributed by atoms with Crippen LogP contribution in [0.1, 0.15) is 24.0 Å². The number of hydrogen-bond acceptors (Lipinski definition) is 6. The number of aryl methyl sites for hydroxylation is 2. The molecule has 0 radical (unpaired) electrons. The first-order chi connectivity index (χ1) is 15.0. The van der Waals surface area contributed by atoms with Crippen molar-refractivity contribution in [3.05, 3.63) is 72.1 Å². The Hall–Kier alpha value is -2.97. The number of rotatable bonds is 11. The zero-order valence-electron chi connectivity index (χ0n) is 17.5. The molecule has 2 N–H and O–H groups in total. The van der Waals surface area contributed by atoms with Crippen LogP contribution in [0.4, 0.5) is 5.82 Å². The van der Waals surface area contributed by atoms with E-state index in [1.54, 1.807) is 0 Å². The molecule has 1 heterocycles. The molecule has 3 aromatic rings. The highest BCUT2D eigenvalue weighted by Gasteiger charge is 2.20. The van der Waals surface area contributed by atoms with Gasteiger partial charge >= 0.3 is 0 Å². The number of aliphatic hydroxyl groups excluding tert-OH is 1.